The smallest absolute Gasteiger partial charge is 0.233 e. The topological polar surface area (TPSA) is 81.2 Å². The Bertz CT molecular complexity index is 303. The van der Waals surface area contributed by atoms with Gasteiger partial charge in [-0.3, -0.25) is 4.79 Å². The number of carbonyl (C=O) groups is 1. The molecule has 0 atom stereocenters. The molecule has 2 rings (SSSR count). The summed E-state index contributed by atoms with van der Waals surface area (Å²) in [4.78, 5) is 11.6. The summed E-state index contributed by atoms with van der Waals surface area (Å²) in [5.41, 5.74) is 5.16. The summed E-state index contributed by atoms with van der Waals surface area (Å²) in [6.07, 6.45) is 3.15. The van der Waals surface area contributed by atoms with Crippen molar-refractivity contribution in [3.8, 4) is 0 Å². The molecule has 1 aliphatic carbocycles. The Hall–Kier alpha value is -1.36. The van der Waals surface area contributed by atoms with Gasteiger partial charge in [-0.1, -0.05) is 5.16 Å². The molecule has 5 heteroatoms. The van der Waals surface area contributed by atoms with E-state index in [1.54, 1.807) is 6.07 Å². The van der Waals surface area contributed by atoms with Crippen molar-refractivity contribution in [2.45, 2.75) is 12.8 Å². The summed E-state index contributed by atoms with van der Waals surface area (Å²) >= 11 is 0. The monoisotopic (exact) mass is 181 g/mol. The Morgan fingerprint density at radius 3 is 3.00 bits per heavy atom. The Kier molecular flexibility index (Phi) is 1.81. The van der Waals surface area contributed by atoms with E-state index in [-0.39, 0.29) is 11.3 Å². The van der Waals surface area contributed by atoms with Crippen molar-refractivity contribution in [2.24, 2.45) is 11.1 Å². The molecule has 1 aromatic rings. The van der Waals surface area contributed by atoms with Crippen LogP contribution in [-0.4, -0.2) is 17.6 Å². The van der Waals surface area contributed by atoms with Crippen molar-refractivity contribution in [1.82, 2.24) is 5.16 Å². The number of nitrogens with zero attached hydrogens (tertiary/aromatic N) is 1. The maximum absolute atomic E-state index is 11.6. The standard InChI is InChI=1S/C8H11N3O2/c9-5-8(2-3-8)7(12)10-6-1-4-13-11-6/h1,4H,2-3,5,9H2,(H,10,11,12). The second kappa shape index (κ2) is 2.85. The second-order valence-electron chi connectivity index (χ2n) is 3.32. The van der Waals surface area contributed by atoms with E-state index in [9.17, 15) is 4.79 Å². The molecule has 1 aliphatic rings. The molecule has 70 valence electrons. The van der Waals surface area contributed by atoms with Crippen LogP contribution in [0.5, 0.6) is 0 Å². The van der Waals surface area contributed by atoms with Crippen molar-refractivity contribution >= 4 is 11.7 Å². The quantitative estimate of drug-likeness (QED) is 0.705. The summed E-state index contributed by atoms with van der Waals surface area (Å²) in [7, 11) is 0. The number of rotatable bonds is 3. The second-order valence-corrected chi connectivity index (χ2v) is 3.32. The largest absolute Gasteiger partial charge is 0.363 e. The number of hydrogen-bond acceptors (Lipinski definition) is 4. The van der Waals surface area contributed by atoms with Crippen LogP contribution >= 0.6 is 0 Å². The van der Waals surface area contributed by atoms with E-state index in [4.69, 9.17) is 5.73 Å². The number of carbonyl (C=O) groups excluding carboxylic acids is 1. The third kappa shape index (κ3) is 1.42. The highest BCUT2D eigenvalue weighted by Crippen LogP contribution is 2.45. The Labute approximate surface area is 75.3 Å². The predicted octanol–water partition coefficient (Wildman–Crippen LogP) is 0.352. The molecule has 0 bridgehead atoms. The van der Waals surface area contributed by atoms with E-state index in [0.29, 0.717) is 12.4 Å². The lowest BCUT2D eigenvalue weighted by Crippen LogP contribution is -2.30. The molecule has 0 saturated heterocycles. The molecule has 1 amide bonds. The molecule has 1 aromatic heterocycles. The summed E-state index contributed by atoms with van der Waals surface area (Å²) in [6, 6.07) is 1.60. The van der Waals surface area contributed by atoms with Crippen molar-refractivity contribution < 1.29 is 9.32 Å². The fourth-order valence-corrected chi connectivity index (χ4v) is 1.20. The summed E-state index contributed by atoms with van der Waals surface area (Å²) in [5.74, 6) is 0.397. The van der Waals surface area contributed by atoms with Gasteiger partial charge in [0.25, 0.3) is 0 Å². The van der Waals surface area contributed by atoms with Gasteiger partial charge < -0.3 is 15.6 Å². The van der Waals surface area contributed by atoms with Gasteiger partial charge in [-0.15, -0.1) is 0 Å². The highest BCUT2D eigenvalue weighted by Gasteiger charge is 2.48. The van der Waals surface area contributed by atoms with E-state index < -0.39 is 0 Å². The minimum absolute atomic E-state index is 0.0519. The fraction of sp³-hybridized carbons (Fsp3) is 0.500. The van der Waals surface area contributed by atoms with E-state index in [2.05, 4.69) is 15.0 Å². The maximum Gasteiger partial charge on any atom is 0.233 e. The first-order chi connectivity index (χ1) is 6.27. The Morgan fingerprint density at radius 2 is 2.54 bits per heavy atom. The van der Waals surface area contributed by atoms with Gasteiger partial charge >= 0.3 is 0 Å². The number of anilines is 1. The zero-order valence-corrected chi connectivity index (χ0v) is 7.12. The van der Waals surface area contributed by atoms with Gasteiger partial charge in [0, 0.05) is 12.6 Å². The molecule has 0 radical (unpaired) electrons. The lowest BCUT2D eigenvalue weighted by Gasteiger charge is -2.09. The molecule has 1 fully saturated rings. The van der Waals surface area contributed by atoms with Crippen LogP contribution in [0, 0.1) is 5.41 Å². The van der Waals surface area contributed by atoms with Crippen LogP contribution in [-0.2, 0) is 4.79 Å². The molecule has 0 spiro atoms. The molecular formula is C8H11N3O2. The van der Waals surface area contributed by atoms with Gasteiger partial charge in [-0.25, -0.2) is 0 Å². The van der Waals surface area contributed by atoms with E-state index in [1.165, 1.54) is 6.26 Å². The van der Waals surface area contributed by atoms with Crippen LogP contribution in [0.4, 0.5) is 5.82 Å². The average Bonchev–Trinajstić information content (AvgIpc) is 2.79. The number of nitrogens with two attached hydrogens (primary N) is 1. The van der Waals surface area contributed by atoms with Crippen LogP contribution in [0.3, 0.4) is 0 Å². The predicted molar refractivity (Wildman–Crippen MR) is 45.9 cm³/mol. The summed E-state index contributed by atoms with van der Waals surface area (Å²) in [5, 5.41) is 6.24. The van der Waals surface area contributed by atoms with Crippen LogP contribution in [0.25, 0.3) is 0 Å². The first-order valence-corrected chi connectivity index (χ1v) is 4.19. The van der Waals surface area contributed by atoms with Crippen LogP contribution in [0.15, 0.2) is 16.9 Å². The normalized spacial score (nSPS) is 18.2. The van der Waals surface area contributed by atoms with Crippen LogP contribution < -0.4 is 11.1 Å². The first-order valence-electron chi connectivity index (χ1n) is 4.19. The van der Waals surface area contributed by atoms with Crippen molar-refractivity contribution in [2.75, 3.05) is 11.9 Å². The van der Waals surface area contributed by atoms with Crippen LogP contribution in [0.1, 0.15) is 12.8 Å². The number of hydrogen-bond donors (Lipinski definition) is 2. The summed E-state index contributed by atoms with van der Waals surface area (Å²) in [6.45, 7) is 0.399. The highest BCUT2D eigenvalue weighted by molar-refractivity contribution is 5.96. The zero-order chi connectivity index (χ0) is 9.31. The van der Waals surface area contributed by atoms with Crippen molar-refractivity contribution in [1.29, 1.82) is 0 Å². The van der Waals surface area contributed by atoms with Gasteiger partial charge in [0.1, 0.15) is 6.26 Å². The van der Waals surface area contributed by atoms with Gasteiger partial charge in [0.15, 0.2) is 5.82 Å². The van der Waals surface area contributed by atoms with Gasteiger partial charge in [0.2, 0.25) is 5.91 Å². The molecule has 13 heavy (non-hydrogen) atoms. The maximum atomic E-state index is 11.6. The number of aromatic nitrogens is 1. The molecule has 3 N–H and O–H groups in total. The minimum atomic E-state index is -0.334. The first kappa shape index (κ1) is 8.25. The Morgan fingerprint density at radius 1 is 1.77 bits per heavy atom. The molecular weight excluding hydrogens is 170 g/mol. The van der Waals surface area contributed by atoms with E-state index >= 15 is 0 Å². The zero-order valence-electron chi connectivity index (χ0n) is 7.12. The molecule has 0 unspecified atom stereocenters. The lowest BCUT2D eigenvalue weighted by molar-refractivity contribution is -0.120. The Balaban J connectivity index is 2.00. The van der Waals surface area contributed by atoms with E-state index in [0.717, 1.165) is 12.8 Å². The van der Waals surface area contributed by atoms with Crippen LogP contribution in [0.2, 0.25) is 0 Å². The fourth-order valence-electron chi connectivity index (χ4n) is 1.20. The molecule has 0 aliphatic heterocycles. The molecule has 1 heterocycles. The molecule has 5 nitrogen and oxygen atoms in total. The molecule has 0 aromatic carbocycles. The average molecular weight is 181 g/mol. The molecule has 1 saturated carbocycles. The van der Waals surface area contributed by atoms with Gasteiger partial charge in [-0.05, 0) is 12.8 Å². The van der Waals surface area contributed by atoms with Gasteiger partial charge in [0.05, 0.1) is 5.41 Å². The number of amides is 1. The lowest BCUT2D eigenvalue weighted by atomic mass is 10.1. The van der Waals surface area contributed by atoms with Crippen molar-refractivity contribution in [3.05, 3.63) is 12.3 Å². The number of nitrogens with one attached hydrogen (secondary N) is 1. The third-order valence-corrected chi connectivity index (χ3v) is 2.41. The van der Waals surface area contributed by atoms with Gasteiger partial charge in [-0.2, -0.15) is 0 Å². The van der Waals surface area contributed by atoms with Crippen molar-refractivity contribution in [3.63, 3.8) is 0 Å². The van der Waals surface area contributed by atoms with E-state index in [1.807, 2.05) is 0 Å². The summed E-state index contributed by atoms with van der Waals surface area (Å²) < 4.78 is 4.59. The third-order valence-electron chi connectivity index (χ3n) is 2.41. The SMILES string of the molecule is NCC1(C(=O)Nc2ccon2)CC1. The minimum Gasteiger partial charge on any atom is -0.363 e. The highest BCUT2D eigenvalue weighted by atomic mass is 16.5.